The molecule has 5 heteroatoms. The van der Waals surface area contributed by atoms with Crippen molar-refractivity contribution in [2.24, 2.45) is 0 Å². The van der Waals surface area contributed by atoms with Crippen LogP contribution >= 0.6 is 0 Å². The Labute approximate surface area is 51.7 Å². The third-order valence-electron chi connectivity index (χ3n) is 1.17. The standard InChI is InChI=1S/C4H8N2O3/c7-1-2-3(8)6-4(9)5-2/h2-3,7-8H,1H2,(H2,5,6,9). The Kier molecular flexibility index (Phi) is 1.54. The lowest BCUT2D eigenvalue weighted by molar-refractivity contribution is 0.106. The van der Waals surface area contributed by atoms with Crippen molar-refractivity contribution in [3.8, 4) is 0 Å². The van der Waals surface area contributed by atoms with Crippen LogP contribution in [0.25, 0.3) is 0 Å². The summed E-state index contributed by atoms with van der Waals surface area (Å²) in [5.74, 6) is 0. The lowest BCUT2D eigenvalue weighted by Crippen LogP contribution is -2.36. The molecule has 52 valence electrons. The Bertz CT molecular complexity index is 127. The molecule has 0 bridgehead atoms. The summed E-state index contributed by atoms with van der Waals surface area (Å²) in [5, 5.41) is 21.7. The molecule has 2 amide bonds. The fraction of sp³-hybridized carbons (Fsp3) is 0.750. The van der Waals surface area contributed by atoms with E-state index in [1.807, 2.05) is 0 Å². The number of rotatable bonds is 1. The van der Waals surface area contributed by atoms with Crippen LogP contribution in [-0.4, -0.2) is 35.1 Å². The number of carbonyl (C=O) groups excluding carboxylic acids is 1. The molecule has 1 aliphatic rings. The minimum absolute atomic E-state index is 0.250. The fourth-order valence-corrected chi connectivity index (χ4v) is 0.669. The smallest absolute Gasteiger partial charge is 0.317 e. The van der Waals surface area contributed by atoms with E-state index in [1.54, 1.807) is 0 Å². The zero-order valence-corrected chi connectivity index (χ0v) is 4.66. The Hall–Kier alpha value is -0.810. The number of aliphatic hydroxyl groups excluding tert-OH is 2. The van der Waals surface area contributed by atoms with Gasteiger partial charge >= 0.3 is 6.03 Å². The van der Waals surface area contributed by atoms with Gasteiger partial charge in [-0.25, -0.2) is 4.79 Å². The first kappa shape index (κ1) is 6.31. The summed E-state index contributed by atoms with van der Waals surface area (Å²) in [6.45, 7) is -0.250. The molecule has 5 nitrogen and oxygen atoms in total. The third kappa shape index (κ3) is 1.11. The maximum Gasteiger partial charge on any atom is 0.317 e. The third-order valence-corrected chi connectivity index (χ3v) is 1.17. The molecule has 1 aliphatic heterocycles. The molecule has 0 aromatic carbocycles. The van der Waals surface area contributed by atoms with Gasteiger partial charge in [0.2, 0.25) is 0 Å². The molecule has 1 saturated heterocycles. The lowest BCUT2D eigenvalue weighted by atomic mass is 10.3. The average Bonchev–Trinajstić information content (AvgIpc) is 2.10. The first-order valence-electron chi connectivity index (χ1n) is 2.60. The Morgan fingerprint density at radius 2 is 2.22 bits per heavy atom. The van der Waals surface area contributed by atoms with E-state index in [4.69, 9.17) is 10.2 Å². The van der Waals surface area contributed by atoms with Gasteiger partial charge in [-0.05, 0) is 0 Å². The highest BCUT2D eigenvalue weighted by Gasteiger charge is 2.28. The van der Waals surface area contributed by atoms with Crippen LogP contribution in [0, 0.1) is 0 Å². The zero-order valence-electron chi connectivity index (χ0n) is 4.66. The minimum atomic E-state index is -0.956. The number of urea groups is 1. The van der Waals surface area contributed by atoms with Crippen LogP contribution in [0.5, 0.6) is 0 Å². The molecule has 0 radical (unpaired) electrons. The van der Waals surface area contributed by atoms with Crippen LogP contribution in [0.4, 0.5) is 4.79 Å². The molecule has 0 aliphatic carbocycles. The van der Waals surface area contributed by atoms with Crippen molar-refractivity contribution in [3.05, 3.63) is 0 Å². The highest BCUT2D eigenvalue weighted by molar-refractivity contribution is 5.76. The average molecular weight is 132 g/mol. The number of carbonyl (C=O) groups is 1. The number of nitrogens with one attached hydrogen (secondary N) is 2. The van der Waals surface area contributed by atoms with Crippen molar-refractivity contribution in [2.45, 2.75) is 12.3 Å². The predicted molar refractivity (Wildman–Crippen MR) is 28.5 cm³/mol. The quantitative estimate of drug-likeness (QED) is 0.332. The van der Waals surface area contributed by atoms with E-state index >= 15 is 0 Å². The van der Waals surface area contributed by atoms with E-state index in [0.717, 1.165) is 0 Å². The first-order valence-corrected chi connectivity index (χ1v) is 2.60. The maximum absolute atomic E-state index is 10.3. The molecule has 4 N–H and O–H groups in total. The van der Waals surface area contributed by atoms with Gasteiger partial charge in [0.15, 0.2) is 6.23 Å². The Balaban J connectivity index is 2.47. The topological polar surface area (TPSA) is 81.6 Å². The second-order valence-corrected chi connectivity index (χ2v) is 1.85. The normalized spacial score (nSPS) is 33.8. The monoisotopic (exact) mass is 132 g/mol. The van der Waals surface area contributed by atoms with Gasteiger partial charge < -0.3 is 20.8 Å². The Morgan fingerprint density at radius 3 is 2.44 bits per heavy atom. The zero-order chi connectivity index (χ0) is 6.85. The van der Waals surface area contributed by atoms with Crippen LogP contribution in [0.2, 0.25) is 0 Å². The van der Waals surface area contributed by atoms with Crippen molar-refractivity contribution >= 4 is 6.03 Å². The van der Waals surface area contributed by atoms with Crippen LogP contribution in [-0.2, 0) is 0 Å². The van der Waals surface area contributed by atoms with Crippen LogP contribution in [0.3, 0.4) is 0 Å². The molecule has 2 atom stereocenters. The number of amides is 2. The highest BCUT2D eigenvalue weighted by Crippen LogP contribution is 1.95. The van der Waals surface area contributed by atoms with Crippen molar-refractivity contribution in [1.29, 1.82) is 0 Å². The molecule has 0 aromatic heterocycles. The molecule has 0 aromatic rings. The van der Waals surface area contributed by atoms with E-state index < -0.39 is 18.3 Å². The number of hydrogen-bond donors (Lipinski definition) is 4. The van der Waals surface area contributed by atoms with Crippen molar-refractivity contribution < 1.29 is 15.0 Å². The van der Waals surface area contributed by atoms with E-state index in [0.29, 0.717) is 0 Å². The largest absolute Gasteiger partial charge is 0.394 e. The van der Waals surface area contributed by atoms with Gasteiger partial charge in [-0.2, -0.15) is 0 Å². The van der Waals surface area contributed by atoms with Gasteiger partial charge in [0.25, 0.3) is 0 Å². The summed E-state index contributed by atoms with van der Waals surface area (Å²) in [6, 6.07) is -1.00. The van der Waals surface area contributed by atoms with Gasteiger partial charge in [0.05, 0.1) is 12.6 Å². The van der Waals surface area contributed by atoms with Crippen LogP contribution < -0.4 is 10.6 Å². The summed E-state index contributed by atoms with van der Waals surface area (Å²) in [6.07, 6.45) is -0.956. The first-order chi connectivity index (χ1) is 4.24. The number of aliphatic hydroxyl groups is 2. The van der Waals surface area contributed by atoms with Crippen LogP contribution in [0.1, 0.15) is 0 Å². The summed E-state index contributed by atoms with van der Waals surface area (Å²) in [4.78, 5) is 10.3. The van der Waals surface area contributed by atoms with E-state index in [9.17, 15) is 4.79 Å². The summed E-state index contributed by atoms with van der Waals surface area (Å²) >= 11 is 0. The number of hydrogen-bond acceptors (Lipinski definition) is 3. The summed E-state index contributed by atoms with van der Waals surface area (Å²) in [7, 11) is 0. The minimum Gasteiger partial charge on any atom is -0.394 e. The molecule has 0 saturated carbocycles. The fourth-order valence-electron chi connectivity index (χ4n) is 0.669. The molecule has 2 unspecified atom stereocenters. The summed E-state index contributed by atoms with van der Waals surface area (Å²) in [5.41, 5.74) is 0. The van der Waals surface area contributed by atoms with Crippen LogP contribution in [0.15, 0.2) is 0 Å². The maximum atomic E-state index is 10.3. The van der Waals surface area contributed by atoms with Crippen molar-refractivity contribution in [2.75, 3.05) is 6.61 Å². The lowest BCUT2D eigenvalue weighted by Gasteiger charge is -2.07. The van der Waals surface area contributed by atoms with Crippen molar-refractivity contribution in [1.82, 2.24) is 10.6 Å². The van der Waals surface area contributed by atoms with Gasteiger partial charge in [0, 0.05) is 0 Å². The second kappa shape index (κ2) is 2.20. The van der Waals surface area contributed by atoms with Gasteiger partial charge in [-0.3, -0.25) is 0 Å². The van der Waals surface area contributed by atoms with Gasteiger partial charge in [-0.15, -0.1) is 0 Å². The van der Waals surface area contributed by atoms with Gasteiger partial charge in [0.1, 0.15) is 0 Å². The SMILES string of the molecule is O=C1NC(O)C(CO)N1. The predicted octanol–water partition coefficient (Wildman–Crippen LogP) is -2.02. The molecule has 9 heavy (non-hydrogen) atoms. The van der Waals surface area contributed by atoms with E-state index in [1.165, 1.54) is 0 Å². The molecule has 1 fully saturated rings. The van der Waals surface area contributed by atoms with Crippen molar-refractivity contribution in [3.63, 3.8) is 0 Å². The molecular weight excluding hydrogens is 124 g/mol. The highest BCUT2D eigenvalue weighted by atomic mass is 16.3. The Morgan fingerprint density at radius 1 is 1.56 bits per heavy atom. The van der Waals surface area contributed by atoms with Gasteiger partial charge in [-0.1, -0.05) is 0 Å². The molecule has 0 spiro atoms. The van der Waals surface area contributed by atoms with E-state index in [-0.39, 0.29) is 6.61 Å². The second-order valence-electron chi connectivity index (χ2n) is 1.85. The molecule has 1 rings (SSSR count). The summed E-state index contributed by atoms with van der Waals surface area (Å²) < 4.78 is 0. The molecular formula is C4H8N2O3. The molecule has 1 heterocycles. The van der Waals surface area contributed by atoms with E-state index in [2.05, 4.69) is 10.6 Å².